The molecule has 2 heterocycles. The molecule has 1 amide bonds. The van der Waals surface area contributed by atoms with Gasteiger partial charge in [0.15, 0.2) is 11.5 Å². The number of benzene rings is 2. The third-order valence-electron chi connectivity index (χ3n) is 4.55. The van der Waals surface area contributed by atoms with Crippen LogP contribution in [0.5, 0.6) is 11.5 Å². The molecule has 0 spiro atoms. The van der Waals surface area contributed by atoms with Gasteiger partial charge in [0.05, 0.1) is 12.6 Å². The van der Waals surface area contributed by atoms with E-state index in [1.165, 1.54) is 0 Å². The molecule has 0 bridgehead atoms. The minimum absolute atomic E-state index is 0.0886. The molecule has 2 aliphatic heterocycles. The molecule has 1 saturated heterocycles. The third-order valence-corrected chi connectivity index (χ3v) is 4.55. The van der Waals surface area contributed by atoms with Crippen molar-refractivity contribution in [1.82, 2.24) is 5.32 Å². The van der Waals surface area contributed by atoms with E-state index in [2.05, 4.69) is 15.6 Å². The van der Waals surface area contributed by atoms with Crippen molar-refractivity contribution >= 4 is 17.6 Å². The molecule has 146 valence electrons. The van der Waals surface area contributed by atoms with Gasteiger partial charge in [-0.25, -0.2) is 4.99 Å². The van der Waals surface area contributed by atoms with E-state index in [0.29, 0.717) is 42.8 Å². The molecule has 7 heteroatoms. The first-order valence-corrected chi connectivity index (χ1v) is 9.47. The van der Waals surface area contributed by atoms with Crippen molar-refractivity contribution in [2.75, 3.05) is 31.7 Å². The number of nitrogens with zero attached hydrogens (tertiary/aromatic N) is 1. The first-order chi connectivity index (χ1) is 13.8. The zero-order chi connectivity index (χ0) is 19.2. The van der Waals surface area contributed by atoms with Gasteiger partial charge in [0.2, 0.25) is 5.96 Å². The maximum atomic E-state index is 12.6. The molecule has 2 N–H and O–H groups in total. The van der Waals surface area contributed by atoms with Gasteiger partial charge in [0.25, 0.3) is 5.91 Å². The SMILES string of the molecule is O=C(NC(=NCC1CCCO1)Nc1ccc2c(c1)OCCO2)c1ccccc1. The number of hydrogen-bond acceptors (Lipinski definition) is 5. The Morgan fingerprint density at radius 3 is 2.64 bits per heavy atom. The lowest BCUT2D eigenvalue weighted by atomic mass is 10.2. The number of rotatable bonds is 4. The number of aliphatic imine (C=N–C) groups is 1. The quantitative estimate of drug-likeness (QED) is 0.629. The highest BCUT2D eigenvalue weighted by Crippen LogP contribution is 2.32. The van der Waals surface area contributed by atoms with Gasteiger partial charge in [-0.3, -0.25) is 10.1 Å². The minimum atomic E-state index is -0.225. The Bertz CT molecular complexity index is 848. The molecule has 1 atom stereocenters. The molecule has 1 fully saturated rings. The normalized spacial score (nSPS) is 18.6. The summed E-state index contributed by atoms with van der Waals surface area (Å²) < 4.78 is 16.8. The summed E-state index contributed by atoms with van der Waals surface area (Å²) in [4.78, 5) is 17.1. The van der Waals surface area contributed by atoms with Crippen LogP contribution in [0, 0.1) is 0 Å². The molecular weight excluding hydrogens is 358 g/mol. The maximum Gasteiger partial charge on any atom is 0.257 e. The Hall–Kier alpha value is -3.06. The summed E-state index contributed by atoms with van der Waals surface area (Å²) in [5.74, 6) is 1.53. The Kier molecular flexibility index (Phi) is 5.72. The predicted molar refractivity (Wildman–Crippen MR) is 106 cm³/mol. The highest BCUT2D eigenvalue weighted by Gasteiger charge is 2.17. The lowest BCUT2D eigenvalue weighted by molar-refractivity contribution is 0.0975. The highest BCUT2D eigenvalue weighted by atomic mass is 16.6. The highest BCUT2D eigenvalue weighted by molar-refractivity contribution is 6.10. The Morgan fingerprint density at radius 1 is 1.04 bits per heavy atom. The fraction of sp³-hybridized carbons (Fsp3) is 0.333. The number of carbonyl (C=O) groups is 1. The molecule has 28 heavy (non-hydrogen) atoms. The molecule has 7 nitrogen and oxygen atoms in total. The van der Waals surface area contributed by atoms with Crippen LogP contribution in [-0.2, 0) is 4.74 Å². The van der Waals surface area contributed by atoms with E-state index in [1.54, 1.807) is 12.1 Å². The van der Waals surface area contributed by atoms with Gasteiger partial charge in [-0.15, -0.1) is 0 Å². The van der Waals surface area contributed by atoms with Crippen LogP contribution in [0.1, 0.15) is 23.2 Å². The largest absolute Gasteiger partial charge is 0.486 e. The zero-order valence-electron chi connectivity index (χ0n) is 15.5. The monoisotopic (exact) mass is 381 g/mol. The Morgan fingerprint density at radius 2 is 1.86 bits per heavy atom. The first-order valence-electron chi connectivity index (χ1n) is 9.47. The second kappa shape index (κ2) is 8.75. The average molecular weight is 381 g/mol. The number of hydrogen-bond donors (Lipinski definition) is 2. The van der Waals surface area contributed by atoms with Crippen molar-refractivity contribution in [3.8, 4) is 11.5 Å². The van der Waals surface area contributed by atoms with Crippen molar-refractivity contribution in [2.45, 2.75) is 18.9 Å². The van der Waals surface area contributed by atoms with E-state index in [4.69, 9.17) is 14.2 Å². The van der Waals surface area contributed by atoms with E-state index in [1.807, 2.05) is 36.4 Å². The van der Waals surface area contributed by atoms with Crippen LogP contribution in [0.15, 0.2) is 53.5 Å². The molecular formula is C21H23N3O4. The van der Waals surface area contributed by atoms with Gasteiger partial charge >= 0.3 is 0 Å². The second-order valence-corrected chi connectivity index (χ2v) is 6.63. The Balaban J connectivity index is 1.50. The minimum Gasteiger partial charge on any atom is -0.486 e. The summed E-state index contributed by atoms with van der Waals surface area (Å²) in [6.07, 6.45) is 2.11. The van der Waals surface area contributed by atoms with Crippen LogP contribution in [0.4, 0.5) is 5.69 Å². The van der Waals surface area contributed by atoms with E-state index >= 15 is 0 Å². The van der Waals surface area contributed by atoms with Crippen LogP contribution in [0.25, 0.3) is 0 Å². The molecule has 1 unspecified atom stereocenters. The average Bonchev–Trinajstić information content (AvgIpc) is 3.26. The summed E-state index contributed by atoms with van der Waals surface area (Å²) in [5, 5.41) is 6.04. The number of ether oxygens (including phenoxy) is 3. The van der Waals surface area contributed by atoms with E-state index in [9.17, 15) is 4.79 Å². The fourth-order valence-corrected chi connectivity index (χ4v) is 3.12. The summed E-state index contributed by atoms with van der Waals surface area (Å²) >= 11 is 0. The zero-order valence-corrected chi connectivity index (χ0v) is 15.5. The van der Waals surface area contributed by atoms with Crippen LogP contribution < -0.4 is 20.1 Å². The number of carbonyl (C=O) groups excluding carboxylic acids is 1. The van der Waals surface area contributed by atoms with Crippen LogP contribution in [0.2, 0.25) is 0 Å². The summed E-state index contributed by atoms with van der Waals surface area (Å²) in [7, 11) is 0. The molecule has 0 radical (unpaired) electrons. The molecule has 4 rings (SSSR count). The van der Waals surface area contributed by atoms with Crippen LogP contribution in [0.3, 0.4) is 0 Å². The summed E-state index contributed by atoms with van der Waals surface area (Å²) in [6.45, 7) is 2.31. The lowest BCUT2D eigenvalue weighted by Gasteiger charge is -2.19. The summed E-state index contributed by atoms with van der Waals surface area (Å²) in [5.41, 5.74) is 1.32. The van der Waals surface area contributed by atoms with E-state index in [-0.39, 0.29) is 12.0 Å². The van der Waals surface area contributed by atoms with Crippen LogP contribution >= 0.6 is 0 Å². The number of fused-ring (bicyclic) bond motifs is 1. The summed E-state index contributed by atoms with van der Waals surface area (Å²) in [6, 6.07) is 14.6. The second-order valence-electron chi connectivity index (χ2n) is 6.63. The van der Waals surface area contributed by atoms with Crippen molar-refractivity contribution in [1.29, 1.82) is 0 Å². The van der Waals surface area contributed by atoms with Crippen molar-refractivity contribution in [3.63, 3.8) is 0 Å². The van der Waals surface area contributed by atoms with E-state index in [0.717, 1.165) is 25.1 Å². The van der Waals surface area contributed by atoms with Gasteiger partial charge in [-0.05, 0) is 37.1 Å². The van der Waals surface area contributed by atoms with Crippen molar-refractivity contribution in [3.05, 3.63) is 54.1 Å². The lowest BCUT2D eigenvalue weighted by Crippen LogP contribution is -2.36. The van der Waals surface area contributed by atoms with E-state index < -0.39 is 0 Å². The van der Waals surface area contributed by atoms with Crippen molar-refractivity contribution < 1.29 is 19.0 Å². The molecule has 0 aromatic heterocycles. The standard InChI is InChI=1S/C21H23N3O4/c25-20(15-5-2-1-3-6-15)24-21(22-14-17-7-4-10-26-17)23-16-8-9-18-19(13-16)28-12-11-27-18/h1-3,5-6,8-9,13,17H,4,7,10-12,14H2,(H2,22,23,24,25). The predicted octanol–water partition coefficient (Wildman–Crippen LogP) is 2.83. The third kappa shape index (κ3) is 4.61. The van der Waals surface area contributed by atoms with Gasteiger partial charge in [-0.2, -0.15) is 0 Å². The molecule has 2 aliphatic rings. The molecule has 2 aromatic rings. The number of nitrogens with one attached hydrogen (secondary N) is 2. The van der Waals surface area contributed by atoms with Gasteiger partial charge < -0.3 is 19.5 Å². The maximum absolute atomic E-state index is 12.6. The Labute approximate surface area is 163 Å². The molecule has 0 aliphatic carbocycles. The van der Waals surface area contributed by atoms with Crippen LogP contribution in [-0.4, -0.2) is 44.3 Å². The topological polar surface area (TPSA) is 81.2 Å². The van der Waals surface area contributed by atoms with Crippen molar-refractivity contribution in [2.24, 2.45) is 4.99 Å². The van der Waals surface area contributed by atoms with Gasteiger partial charge in [0.1, 0.15) is 13.2 Å². The fourth-order valence-electron chi connectivity index (χ4n) is 3.12. The smallest absolute Gasteiger partial charge is 0.257 e. The van der Waals surface area contributed by atoms with Gasteiger partial charge in [-0.1, -0.05) is 18.2 Å². The molecule has 0 saturated carbocycles. The van der Waals surface area contributed by atoms with Gasteiger partial charge in [0, 0.05) is 23.9 Å². The number of guanidine groups is 1. The molecule has 2 aromatic carbocycles. The first kappa shape index (κ1) is 18.3. The number of amides is 1. The number of anilines is 1.